The van der Waals surface area contributed by atoms with Crippen LogP contribution in [0.4, 0.5) is 10.5 Å². The van der Waals surface area contributed by atoms with Crippen molar-refractivity contribution in [3.63, 3.8) is 0 Å². The standard InChI is InChI=1S/C22H18BrIN2O5/c1-4-7-31-19-16(24)10-13(11-18(19)30-3)9-15-20(27)25-22(29)26(21(15)28)17-6-5-14(23)8-12(17)2/h4-6,8-11H,1,7H2,2-3H3,(H,25,27,29)/b15-9-. The van der Waals surface area contributed by atoms with E-state index in [1.165, 1.54) is 13.2 Å². The van der Waals surface area contributed by atoms with Crippen molar-refractivity contribution in [3.05, 3.63) is 67.7 Å². The molecule has 2 aromatic rings. The molecule has 0 bridgehead atoms. The molecule has 0 unspecified atom stereocenters. The molecule has 1 fully saturated rings. The highest BCUT2D eigenvalue weighted by molar-refractivity contribution is 14.1. The van der Waals surface area contributed by atoms with Crippen molar-refractivity contribution in [2.24, 2.45) is 0 Å². The van der Waals surface area contributed by atoms with Crippen molar-refractivity contribution in [3.8, 4) is 11.5 Å². The second-order valence-electron chi connectivity index (χ2n) is 6.52. The maximum absolute atomic E-state index is 13.1. The first-order valence-electron chi connectivity index (χ1n) is 9.05. The summed E-state index contributed by atoms with van der Waals surface area (Å²) in [4.78, 5) is 39.0. The van der Waals surface area contributed by atoms with Gasteiger partial charge < -0.3 is 9.47 Å². The lowest BCUT2D eigenvalue weighted by Crippen LogP contribution is -2.54. The second kappa shape index (κ2) is 9.65. The number of nitrogens with zero attached hydrogens (tertiary/aromatic N) is 1. The third kappa shape index (κ3) is 4.82. The predicted molar refractivity (Wildman–Crippen MR) is 129 cm³/mol. The number of nitrogens with one attached hydrogen (secondary N) is 1. The van der Waals surface area contributed by atoms with E-state index in [2.05, 4.69) is 50.4 Å². The molecule has 7 nitrogen and oxygen atoms in total. The van der Waals surface area contributed by atoms with Crippen molar-refractivity contribution < 1.29 is 23.9 Å². The Hall–Kier alpha value is -2.66. The number of hydrogen-bond donors (Lipinski definition) is 1. The first-order chi connectivity index (χ1) is 14.8. The topological polar surface area (TPSA) is 84.9 Å². The van der Waals surface area contributed by atoms with E-state index < -0.39 is 17.8 Å². The maximum Gasteiger partial charge on any atom is 0.335 e. The number of rotatable bonds is 6. The second-order valence-corrected chi connectivity index (χ2v) is 8.60. The van der Waals surface area contributed by atoms with Crippen molar-refractivity contribution in [1.82, 2.24) is 5.32 Å². The van der Waals surface area contributed by atoms with Crippen LogP contribution in [0.1, 0.15) is 11.1 Å². The summed E-state index contributed by atoms with van der Waals surface area (Å²) in [7, 11) is 1.50. The monoisotopic (exact) mass is 596 g/mol. The molecule has 1 aliphatic heterocycles. The zero-order chi connectivity index (χ0) is 22.7. The van der Waals surface area contributed by atoms with Crippen LogP contribution in [0.5, 0.6) is 11.5 Å². The average molecular weight is 597 g/mol. The van der Waals surface area contributed by atoms with Crippen molar-refractivity contribution in [2.45, 2.75) is 6.92 Å². The summed E-state index contributed by atoms with van der Waals surface area (Å²) in [5.41, 5.74) is 1.48. The van der Waals surface area contributed by atoms with Crippen LogP contribution in [-0.2, 0) is 9.59 Å². The summed E-state index contributed by atoms with van der Waals surface area (Å²) in [5.74, 6) is -0.491. The number of carbonyl (C=O) groups is 3. The number of halogens is 2. The molecule has 0 saturated carbocycles. The summed E-state index contributed by atoms with van der Waals surface area (Å²) >= 11 is 5.44. The number of carbonyl (C=O) groups excluding carboxylic acids is 3. The van der Waals surface area contributed by atoms with E-state index >= 15 is 0 Å². The Bertz CT molecular complexity index is 1130. The number of barbiturate groups is 1. The fraction of sp³-hybridized carbons (Fsp3) is 0.136. The largest absolute Gasteiger partial charge is 0.493 e. The molecule has 0 aliphatic carbocycles. The van der Waals surface area contributed by atoms with Gasteiger partial charge in [-0.25, -0.2) is 9.69 Å². The number of methoxy groups -OCH3 is 1. The number of urea groups is 1. The fourth-order valence-electron chi connectivity index (χ4n) is 3.02. The maximum atomic E-state index is 13.1. The smallest absolute Gasteiger partial charge is 0.335 e. The number of ether oxygens (including phenoxy) is 2. The van der Waals surface area contributed by atoms with Gasteiger partial charge in [-0.1, -0.05) is 28.6 Å². The molecule has 4 amide bonds. The van der Waals surface area contributed by atoms with Gasteiger partial charge in [0, 0.05) is 4.47 Å². The highest BCUT2D eigenvalue weighted by Gasteiger charge is 2.37. The summed E-state index contributed by atoms with van der Waals surface area (Å²) in [5, 5.41) is 2.23. The third-order valence-corrected chi connectivity index (χ3v) is 5.70. The van der Waals surface area contributed by atoms with E-state index in [-0.39, 0.29) is 5.57 Å². The van der Waals surface area contributed by atoms with E-state index in [0.717, 1.165) is 12.9 Å². The number of hydrogen-bond acceptors (Lipinski definition) is 5. The van der Waals surface area contributed by atoms with Gasteiger partial charge in [-0.3, -0.25) is 14.9 Å². The summed E-state index contributed by atoms with van der Waals surface area (Å²) < 4.78 is 12.6. The number of aryl methyl sites for hydroxylation is 1. The van der Waals surface area contributed by atoms with E-state index in [1.807, 2.05) is 0 Å². The number of imide groups is 2. The highest BCUT2D eigenvalue weighted by atomic mass is 127. The molecule has 160 valence electrons. The van der Waals surface area contributed by atoms with Crippen LogP contribution in [-0.4, -0.2) is 31.6 Å². The van der Waals surface area contributed by atoms with Gasteiger partial charge in [-0.05, 0) is 77.0 Å². The predicted octanol–water partition coefficient (Wildman–Crippen LogP) is 4.60. The van der Waals surface area contributed by atoms with Crippen molar-refractivity contribution in [2.75, 3.05) is 18.6 Å². The van der Waals surface area contributed by atoms with E-state index in [4.69, 9.17) is 9.47 Å². The summed E-state index contributed by atoms with van der Waals surface area (Å²) in [6.07, 6.45) is 3.04. The zero-order valence-corrected chi connectivity index (χ0v) is 20.4. The molecule has 1 aliphatic rings. The minimum Gasteiger partial charge on any atom is -0.493 e. The van der Waals surface area contributed by atoms with Gasteiger partial charge in [0.2, 0.25) is 0 Å². The fourth-order valence-corrected chi connectivity index (χ4v) is 4.27. The van der Waals surface area contributed by atoms with Crippen molar-refractivity contribution in [1.29, 1.82) is 0 Å². The molecule has 0 spiro atoms. The molecule has 0 atom stereocenters. The van der Waals surface area contributed by atoms with Gasteiger partial charge in [0.25, 0.3) is 11.8 Å². The van der Waals surface area contributed by atoms with Gasteiger partial charge in [-0.15, -0.1) is 0 Å². The Morgan fingerprint density at radius 1 is 1.23 bits per heavy atom. The Kier molecular flexibility index (Phi) is 7.16. The molecular formula is C22H18BrIN2O5. The van der Waals surface area contributed by atoms with Crippen LogP contribution in [0.3, 0.4) is 0 Å². The third-order valence-electron chi connectivity index (χ3n) is 4.41. The van der Waals surface area contributed by atoms with Gasteiger partial charge in [0.15, 0.2) is 11.5 Å². The first-order valence-corrected chi connectivity index (χ1v) is 10.9. The molecule has 31 heavy (non-hydrogen) atoms. The number of anilines is 1. The lowest BCUT2D eigenvalue weighted by molar-refractivity contribution is -0.122. The first kappa shape index (κ1) is 23.0. The van der Waals surface area contributed by atoms with Crippen LogP contribution in [0.25, 0.3) is 6.08 Å². The van der Waals surface area contributed by atoms with E-state index in [1.54, 1.807) is 43.3 Å². The van der Waals surface area contributed by atoms with Gasteiger partial charge in [0.05, 0.1) is 16.4 Å². The Morgan fingerprint density at radius 3 is 2.61 bits per heavy atom. The zero-order valence-electron chi connectivity index (χ0n) is 16.7. The lowest BCUT2D eigenvalue weighted by atomic mass is 10.1. The van der Waals surface area contributed by atoms with Gasteiger partial charge >= 0.3 is 6.03 Å². The molecule has 1 N–H and O–H groups in total. The minimum absolute atomic E-state index is 0.167. The molecule has 1 saturated heterocycles. The van der Waals surface area contributed by atoms with E-state index in [0.29, 0.717) is 34.9 Å². The molecule has 2 aromatic carbocycles. The molecule has 0 aromatic heterocycles. The Balaban J connectivity index is 2.04. The molecule has 0 radical (unpaired) electrons. The van der Waals surface area contributed by atoms with Crippen LogP contribution in [0.15, 0.2) is 53.0 Å². The summed E-state index contributed by atoms with van der Waals surface area (Å²) in [6.45, 7) is 5.70. The molecule has 9 heteroatoms. The minimum atomic E-state index is -0.794. The lowest BCUT2D eigenvalue weighted by Gasteiger charge is -2.27. The van der Waals surface area contributed by atoms with E-state index in [9.17, 15) is 14.4 Å². The Labute approximate surface area is 201 Å². The van der Waals surface area contributed by atoms with Crippen molar-refractivity contribution >= 4 is 68.1 Å². The normalized spacial score (nSPS) is 15.2. The average Bonchev–Trinajstić information content (AvgIpc) is 2.71. The van der Waals surface area contributed by atoms with Crippen LogP contribution >= 0.6 is 38.5 Å². The van der Waals surface area contributed by atoms with Crippen LogP contribution in [0, 0.1) is 10.5 Å². The van der Waals surface area contributed by atoms with Crippen LogP contribution < -0.4 is 19.7 Å². The molecular weight excluding hydrogens is 579 g/mol. The van der Waals surface area contributed by atoms with Crippen LogP contribution in [0.2, 0.25) is 0 Å². The molecule has 3 rings (SSSR count). The molecule has 1 heterocycles. The highest BCUT2D eigenvalue weighted by Crippen LogP contribution is 2.35. The SMILES string of the molecule is C=CCOc1c(I)cc(/C=C2/C(=O)NC(=O)N(c3ccc(Br)cc3C)C2=O)cc1OC. The number of benzene rings is 2. The van der Waals surface area contributed by atoms with Gasteiger partial charge in [0.1, 0.15) is 12.2 Å². The number of amides is 4. The Morgan fingerprint density at radius 2 is 1.97 bits per heavy atom. The summed E-state index contributed by atoms with van der Waals surface area (Å²) in [6, 6.07) is 7.75. The van der Waals surface area contributed by atoms with Gasteiger partial charge in [-0.2, -0.15) is 0 Å². The quantitative estimate of drug-likeness (QED) is 0.228.